The number of benzene rings is 1. The van der Waals surface area contributed by atoms with Crippen LogP contribution in [0.25, 0.3) is 6.08 Å². The predicted octanol–water partition coefficient (Wildman–Crippen LogP) is 1.61. The highest BCUT2D eigenvalue weighted by molar-refractivity contribution is 5.88. The van der Waals surface area contributed by atoms with Gasteiger partial charge in [0.05, 0.1) is 7.11 Å². The number of hydrogen-bond donors (Lipinski definition) is 3. The molecule has 98 valence electrons. The minimum absolute atomic E-state index is 0.285. The summed E-state index contributed by atoms with van der Waals surface area (Å²) in [5.41, 5.74) is 0.916. The highest BCUT2D eigenvalue weighted by Gasteiger charge is 2.00. The smallest absolute Gasteiger partial charge is 0.325 e. The second-order valence-electron chi connectivity index (χ2n) is 3.54. The van der Waals surface area contributed by atoms with Crippen molar-refractivity contribution in [1.82, 2.24) is 20.5 Å². The number of hydrogen-bond acceptors (Lipinski definition) is 4. The molecule has 0 saturated carbocycles. The molecule has 1 heterocycles. The first-order valence-corrected chi connectivity index (χ1v) is 5.51. The van der Waals surface area contributed by atoms with Crippen LogP contribution < -0.4 is 15.4 Å². The third-order valence-electron chi connectivity index (χ3n) is 2.23. The van der Waals surface area contributed by atoms with E-state index in [1.807, 2.05) is 24.3 Å². The zero-order valence-electron chi connectivity index (χ0n) is 10.3. The molecule has 0 unspecified atom stereocenters. The van der Waals surface area contributed by atoms with Crippen molar-refractivity contribution < 1.29 is 9.53 Å². The zero-order valence-corrected chi connectivity index (χ0v) is 10.3. The van der Waals surface area contributed by atoms with E-state index < -0.39 is 6.03 Å². The Morgan fingerprint density at radius 3 is 3.11 bits per heavy atom. The third kappa shape index (κ3) is 3.84. The number of rotatable bonds is 4. The van der Waals surface area contributed by atoms with Crippen LogP contribution in [0.2, 0.25) is 0 Å². The molecule has 2 rings (SSSR count). The zero-order chi connectivity index (χ0) is 13.5. The van der Waals surface area contributed by atoms with Crippen LogP contribution in [0.3, 0.4) is 0 Å². The van der Waals surface area contributed by atoms with Crippen molar-refractivity contribution in [1.29, 1.82) is 0 Å². The monoisotopic (exact) mass is 259 g/mol. The van der Waals surface area contributed by atoms with Gasteiger partial charge in [0, 0.05) is 6.20 Å². The minimum atomic E-state index is -0.407. The molecule has 0 aliphatic heterocycles. The molecule has 0 radical (unpaired) electrons. The van der Waals surface area contributed by atoms with Crippen LogP contribution in [0, 0.1) is 0 Å². The van der Waals surface area contributed by atoms with E-state index in [-0.39, 0.29) is 5.95 Å². The van der Waals surface area contributed by atoms with Gasteiger partial charge in [-0.15, -0.1) is 0 Å². The number of ether oxygens (including phenoxy) is 1. The maximum atomic E-state index is 11.4. The van der Waals surface area contributed by atoms with Gasteiger partial charge in [-0.1, -0.05) is 12.1 Å². The summed E-state index contributed by atoms with van der Waals surface area (Å²) in [4.78, 5) is 15.2. The number of methoxy groups -OCH3 is 1. The van der Waals surface area contributed by atoms with Gasteiger partial charge in [0.25, 0.3) is 0 Å². The normalized spacial score (nSPS) is 10.4. The van der Waals surface area contributed by atoms with Crippen molar-refractivity contribution in [2.45, 2.75) is 0 Å². The molecule has 0 aliphatic carbocycles. The molecule has 2 amide bonds. The molecule has 0 fully saturated rings. The lowest BCUT2D eigenvalue weighted by Gasteiger charge is -2.01. The Balaban J connectivity index is 1.87. The van der Waals surface area contributed by atoms with Gasteiger partial charge in [-0.3, -0.25) is 5.32 Å². The van der Waals surface area contributed by atoms with E-state index in [0.29, 0.717) is 0 Å². The number of nitrogens with zero attached hydrogens (tertiary/aromatic N) is 2. The second-order valence-corrected chi connectivity index (χ2v) is 3.54. The van der Waals surface area contributed by atoms with Gasteiger partial charge in [-0.05, 0) is 23.8 Å². The van der Waals surface area contributed by atoms with Crippen molar-refractivity contribution in [3.8, 4) is 5.75 Å². The lowest BCUT2D eigenvalue weighted by molar-refractivity contribution is 0.255. The van der Waals surface area contributed by atoms with E-state index in [2.05, 4.69) is 25.8 Å². The maximum Gasteiger partial charge on any atom is 0.325 e. The van der Waals surface area contributed by atoms with Gasteiger partial charge in [0.2, 0.25) is 5.95 Å². The number of aromatic nitrogens is 3. The molecular formula is C12H13N5O2. The molecule has 7 nitrogen and oxygen atoms in total. The Bertz CT molecular complexity index is 565. The Labute approximate surface area is 109 Å². The van der Waals surface area contributed by atoms with Crippen molar-refractivity contribution in [2.24, 2.45) is 0 Å². The van der Waals surface area contributed by atoms with Crippen LogP contribution in [0.5, 0.6) is 5.75 Å². The van der Waals surface area contributed by atoms with E-state index in [4.69, 9.17) is 4.74 Å². The van der Waals surface area contributed by atoms with Crippen molar-refractivity contribution >= 4 is 18.1 Å². The van der Waals surface area contributed by atoms with Crippen molar-refractivity contribution in [2.75, 3.05) is 12.4 Å². The summed E-state index contributed by atoms with van der Waals surface area (Å²) in [5.74, 6) is 1.04. The molecular weight excluding hydrogens is 246 g/mol. The van der Waals surface area contributed by atoms with Crippen LogP contribution in [0.1, 0.15) is 5.56 Å². The van der Waals surface area contributed by atoms with E-state index in [1.165, 1.54) is 12.5 Å². The predicted molar refractivity (Wildman–Crippen MR) is 70.6 cm³/mol. The van der Waals surface area contributed by atoms with Crippen LogP contribution >= 0.6 is 0 Å². The number of anilines is 1. The van der Waals surface area contributed by atoms with Gasteiger partial charge in [0.15, 0.2) is 0 Å². The molecule has 0 bridgehead atoms. The first-order chi connectivity index (χ1) is 9.28. The van der Waals surface area contributed by atoms with Crippen molar-refractivity contribution in [3.63, 3.8) is 0 Å². The lowest BCUT2D eigenvalue weighted by atomic mass is 10.2. The highest BCUT2D eigenvalue weighted by Crippen LogP contribution is 2.13. The molecule has 0 spiro atoms. The lowest BCUT2D eigenvalue weighted by Crippen LogP contribution is -2.24. The van der Waals surface area contributed by atoms with Crippen LogP contribution in [0.15, 0.2) is 36.8 Å². The van der Waals surface area contributed by atoms with E-state index in [1.54, 1.807) is 13.2 Å². The number of carbonyl (C=O) groups is 1. The van der Waals surface area contributed by atoms with E-state index in [9.17, 15) is 4.79 Å². The first kappa shape index (κ1) is 12.6. The average molecular weight is 259 g/mol. The largest absolute Gasteiger partial charge is 0.497 e. The summed E-state index contributed by atoms with van der Waals surface area (Å²) < 4.78 is 5.10. The van der Waals surface area contributed by atoms with E-state index in [0.717, 1.165) is 11.3 Å². The molecule has 0 atom stereocenters. The molecule has 1 aromatic heterocycles. The summed E-state index contributed by atoms with van der Waals surface area (Å²) in [6.45, 7) is 0. The second kappa shape index (κ2) is 6.20. The Hall–Kier alpha value is -2.83. The van der Waals surface area contributed by atoms with Gasteiger partial charge < -0.3 is 10.1 Å². The fourth-order valence-corrected chi connectivity index (χ4v) is 1.37. The van der Waals surface area contributed by atoms with Gasteiger partial charge in [-0.25, -0.2) is 9.89 Å². The van der Waals surface area contributed by atoms with Gasteiger partial charge in [0.1, 0.15) is 12.1 Å². The number of urea groups is 1. The number of aromatic amines is 1. The molecule has 19 heavy (non-hydrogen) atoms. The third-order valence-corrected chi connectivity index (χ3v) is 2.23. The summed E-state index contributed by atoms with van der Waals surface area (Å²) in [7, 11) is 1.60. The molecule has 0 saturated heterocycles. The topological polar surface area (TPSA) is 91.9 Å². The number of H-pyrrole nitrogens is 1. The average Bonchev–Trinajstić information content (AvgIpc) is 2.92. The molecule has 0 aliphatic rings. The Kier molecular flexibility index (Phi) is 4.12. The summed E-state index contributed by atoms with van der Waals surface area (Å²) in [5, 5.41) is 11.2. The standard InChI is InChI=1S/C12H13N5O2/c1-19-10-4-2-3-9(7-10)5-6-13-12(18)16-11-14-8-15-17-11/h2-8H,1H3,(H3,13,14,15,16,17,18)/b6-5+. The van der Waals surface area contributed by atoms with Crippen LogP contribution in [0.4, 0.5) is 10.7 Å². The summed E-state index contributed by atoms with van der Waals surface area (Å²) in [6, 6.07) is 7.06. The van der Waals surface area contributed by atoms with Gasteiger partial charge in [-0.2, -0.15) is 10.1 Å². The van der Waals surface area contributed by atoms with E-state index >= 15 is 0 Å². The molecule has 3 N–H and O–H groups in total. The number of nitrogens with one attached hydrogen (secondary N) is 3. The fraction of sp³-hybridized carbons (Fsp3) is 0.0833. The highest BCUT2D eigenvalue weighted by atomic mass is 16.5. The van der Waals surface area contributed by atoms with Gasteiger partial charge >= 0.3 is 6.03 Å². The molecule has 7 heteroatoms. The molecule has 1 aromatic carbocycles. The minimum Gasteiger partial charge on any atom is -0.497 e. The Morgan fingerprint density at radius 1 is 1.47 bits per heavy atom. The Morgan fingerprint density at radius 2 is 2.37 bits per heavy atom. The number of carbonyl (C=O) groups excluding carboxylic acids is 1. The quantitative estimate of drug-likeness (QED) is 0.777. The van der Waals surface area contributed by atoms with Crippen LogP contribution in [-0.2, 0) is 0 Å². The molecule has 2 aromatic rings. The summed E-state index contributed by atoms with van der Waals surface area (Å²) >= 11 is 0. The maximum absolute atomic E-state index is 11.4. The SMILES string of the molecule is COc1cccc(/C=C/NC(=O)Nc2ncn[nH]2)c1. The van der Waals surface area contributed by atoms with Crippen LogP contribution in [-0.4, -0.2) is 28.3 Å². The first-order valence-electron chi connectivity index (χ1n) is 5.51. The summed E-state index contributed by atoms with van der Waals surface area (Å²) in [6.07, 6.45) is 4.59. The number of amides is 2. The van der Waals surface area contributed by atoms with Crippen molar-refractivity contribution in [3.05, 3.63) is 42.4 Å². The fourth-order valence-electron chi connectivity index (χ4n) is 1.37.